The minimum absolute atomic E-state index is 0.0168. The van der Waals surface area contributed by atoms with Crippen LogP contribution in [0.25, 0.3) is 0 Å². The molecule has 4 heteroatoms. The van der Waals surface area contributed by atoms with Crippen molar-refractivity contribution in [2.24, 2.45) is 0 Å². The van der Waals surface area contributed by atoms with Crippen molar-refractivity contribution < 1.29 is 4.79 Å². The molecule has 82 valence electrons. The Balaban J connectivity index is 3.03. The van der Waals surface area contributed by atoms with Gasteiger partial charge < -0.3 is 0 Å². The molecule has 0 saturated heterocycles. The van der Waals surface area contributed by atoms with Gasteiger partial charge >= 0.3 is 0 Å². The van der Waals surface area contributed by atoms with E-state index in [9.17, 15) is 4.79 Å². The van der Waals surface area contributed by atoms with Crippen LogP contribution in [0.2, 0.25) is 0 Å². The highest BCUT2D eigenvalue weighted by Crippen LogP contribution is 2.20. The van der Waals surface area contributed by atoms with Gasteiger partial charge in [0.1, 0.15) is 5.69 Å². The van der Waals surface area contributed by atoms with Crippen molar-refractivity contribution >= 4 is 5.78 Å². The van der Waals surface area contributed by atoms with E-state index < -0.39 is 5.54 Å². The predicted molar refractivity (Wildman–Crippen MR) is 58.7 cm³/mol. The summed E-state index contributed by atoms with van der Waals surface area (Å²) >= 11 is 0. The number of rotatable bonds is 4. The molecule has 0 aliphatic rings. The van der Waals surface area contributed by atoms with Crippen molar-refractivity contribution in [2.75, 3.05) is 14.1 Å². The average Bonchev–Trinajstić information content (AvgIpc) is 2.28. The zero-order valence-corrected chi connectivity index (χ0v) is 9.69. The number of aromatic nitrogens is 2. The van der Waals surface area contributed by atoms with E-state index in [0.29, 0.717) is 5.69 Å². The SMILES string of the molecule is CCC(C)(C(=O)c1cnccn1)N(C)C. The van der Waals surface area contributed by atoms with Gasteiger partial charge in [-0.2, -0.15) is 0 Å². The molecule has 0 spiro atoms. The number of ketones is 1. The monoisotopic (exact) mass is 207 g/mol. The second-order valence-corrected chi connectivity index (χ2v) is 3.94. The summed E-state index contributed by atoms with van der Waals surface area (Å²) < 4.78 is 0. The lowest BCUT2D eigenvalue weighted by Gasteiger charge is -2.33. The normalized spacial score (nSPS) is 15.0. The first-order chi connectivity index (χ1) is 7.02. The van der Waals surface area contributed by atoms with Crippen molar-refractivity contribution in [1.29, 1.82) is 0 Å². The Morgan fingerprint density at radius 1 is 1.47 bits per heavy atom. The number of likely N-dealkylation sites (N-methyl/N-ethyl adjacent to an activating group) is 1. The molecule has 0 bridgehead atoms. The molecule has 0 amide bonds. The lowest BCUT2D eigenvalue weighted by atomic mass is 9.90. The van der Waals surface area contributed by atoms with Gasteiger partial charge in [0.25, 0.3) is 0 Å². The summed E-state index contributed by atoms with van der Waals surface area (Å²) in [6, 6.07) is 0. The highest BCUT2D eigenvalue weighted by atomic mass is 16.1. The third kappa shape index (κ3) is 2.21. The van der Waals surface area contributed by atoms with E-state index in [1.165, 1.54) is 6.20 Å². The van der Waals surface area contributed by atoms with Crippen molar-refractivity contribution in [3.8, 4) is 0 Å². The van der Waals surface area contributed by atoms with Crippen LogP contribution in [0.5, 0.6) is 0 Å². The third-order valence-electron chi connectivity index (χ3n) is 2.96. The first kappa shape index (κ1) is 11.8. The number of nitrogens with zero attached hydrogens (tertiary/aromatic N) is 3. The highest BCUT2D eigenvalue weighted by molar-refractivity contribution is 6.01. The molecule has 0 fully saturated rings. The molecule has 0 aliphatic carbocycles. The first-order valence-electron chi connectivity index (χ1n) is 5.00. The Morgan fingerprint density at radius 3 is 2.53 bits per heavy atom. The molecule has 1 rings (SSSR count). The zero-order valence-electron chi connectivity index (χ0n) is 9.69. The van der Waals surface area contributed by atoms with Crippen LogP contribution in [0.4, 0.5) is 0 Å². The van der Waals surface area contributed by atoms with Gasteiger partial charge in [-0.1, -0.05) is 6.92 Å². The Morgan fingerprint density at radius 2 is 2.13 bits per heavy atom. The topological polar surface area (TPSA) is 46.1 Å². The number of carbonyl (C=O) groups excluding carboxylic acids is 1. The second-order valence-electron chi connectivity index (χ2n) is 3.94. The fourth-order valence-electron chi connectivity index (χ4n) is 1.37. The summed E-state index contributed by atoms with van der Waals surface area (Å²) in [5.41, 5.74) is -0.0775. The van der Waals surface area contributed by atoms with Crippen molar-refractivity contribution in [3.05, 3.63) is 24.3 Å². The van der Waals surface area contributed by atoms with E-state index in [1.54, 1.807) is 12.4 Å². The van der Waals surface area contributed by atoms with Crippen LogP contribution >= 0.6 is 0 Å². The minimum Gasteiger partial charge on any atom is -0.297 e. The molecule has 0 saturated carbocycles. The third-order valence-corrected chi connectivity index (χ3v) is 2.96. The molecule has 0 radical (unpaired) electrons. The molecule has 1 unspecified atom stereocenters. The summed E-state index contributed by atoms with van der Waals surface area (Å²) in [7, 11) is 3.80. The van der Waals surface area contributed by atoms with Crippen molar-refractivity contribution in [1.82, 2.24) is 14.9 Å². The smallest absolute Gasteiger partial charge is 0.202 e. The molecular weight excluding hydrogens is 190 g/mol. The van der Waals surface area contributed by atoms with Gasteiger partial charge in [0.15, 0.2) is 0 Å². The fourth-order valence-corrected chi connectivity index (χ4v) is 1.37. The van der Waals surface area contributed by atoms with Gasteiger partial charge in [0, 0.05) is 12.4 Å². The van der Waals surface area contributed by atoms with Crippen molar-refractivity contribution in [3.63, 3.8) is 0 Å². The van der Waals surface area contributed by atoms with Gasteiger partial charge in [0.2, 0.25) is 5.78 Å². The highest BCUT2D eigenvalue weighted by Gasteiger charge is 2.35. The molecule has 0 aliphatic heterocycles. The van der Waals surface area contributed by atoms with Crippen LogP contribution < -0.4 is 0 Å². The number of Topliss-reactive ketones (excluding diaryl/α,β-unsaturated/α-hetero) is 1. The number of hydrogen-bond donors (Lipinski definition) is 0. The first-order valence-corrected chi connectivity index (χ1v) is 5.00. The van der Waals surface area contributed by atoms with Gasteiger partial charge in [0.05, 0.1) is 11.7 Å². The van der Waals surface area contributed by atoms with Crippen LogP contribution in [0, 0.1) is 0 Å². The van der Waals surface area contributed by atoms with Gasteiger partial charge in [-0.15, -0.1) is 0 Å². The molecule has 1 atom stereocenters. The van der Waals surface area contributed by atoms with E-state index in [2.05, 4.69) is 9.97 Å². The maximum absolute atomic E-state index is 12.2. The molecule has 1 aromatic heterocycles. The second kappa shape index (κ2) is 4.49. The van der Waals surface area contributed by atoms with Crippen molar-refractivity contribution in [2.45, 2.75) is 25.8 Å². The summed E-state index contributed by atoms with van der Waals surface area (Å²) in [6.07, 6.45) is 5.36. The maximum atomic E-state index is 12.2. The molecule has 0 aromatic carbocycles. The van der Waals surface area contributed by atoms with E-state index in [0.717, 1.165) is 6.42 Å². The summed E-state index contributed by atoms with van der Waals surface area (Å²) in [4.78, 5) is 22.1. The largest absolute Gasteiger partial charge is 0.297 e. The average molecular weight is 207 g/mol. The number of hydrogen-bond acceptors (Lipinski definition) is 4. The zero-order chi connectivity index (χ0) is 11.5. The minimum atomic E-state index is -0.504. The van der Waals surface area contributed by atoms with Crippen LogP contribution in [0.1, 0.15) is 30.8 Å². The lowest BCUT2D eigenvalue weighted by molar-refractivity contribution is 0.0704. The van der Waals surface area contributed by atoms with E-state index >= 15 is 0 Å². The molecule has 15 heavy (non-hydrogen) atoms. The van der Waals surface area contributed by atoms with E-state index in [4.69, 9.17) is 0 Å². The summed E-state index contributed by atoms with van der Waals surface area (Å²) in [6.45, 7) is 3.91. The Hall–Kier alpha value is -1.29. The summed E-state index contributed by atoms with van der Waals surface area (Å²) in [5.74, 6) is 0.0168. The van der Waals surface area contributed by atoms with Crippen LogP contribution in [0.3, 0.4) is 0 Å². The van der Waals surface area contributed by atoms with Crippen LogP contribution in [-0.4, -0.2) is 40.3 Å². The Kier molecular flexibility index (Phi) is 3.52. The Labute approximate surface area is 90.3 Å². The van der Waals surface area contributed by atoms with Crippen LogP contribution in [-0.2, 0) is 0 Å². The fraction of sp³-hybridized carbons (Fsp3) is 0.545. The van der Waals surface area contributed by atoms with Gasteiger partial charge in [-0.05, 0) is 27.4 Å². The molecule has 0 N–H and O–H groups in total. The summed E-state index contributed by atoms with van der Waals surface area (Å²) in [5, 5.41) is 0. The lowest BCUT2D eigenvalue weighted by Crippen LogP contribution is -2.48. The maximum Gasteiger partial charge on any atom is 0.202 e. The quantitative estimate of drug-likeness (QED) is 0.700. The standard InChI is InChI=1S/C11H17N3O/c1-5-11(2,14(3)4)10(15)9-8-12-6-7-13-9/h6-8H,5H2,1-4H3. The Bertz CT molecular complexity index is 337. The van der Waals surface area contributed by atoms with Crippen LogP contribution in [0.15, 0.2) is 18.6 Å². The molecule has 1 heterocycles. The molecule has 1 aromatic rings. The number of carbonyl (C=O) groups is 1. The van der Waals surface area contributed by atoms with E-state index in [-0.39, 0.29) is 5.78 Å². The van der Waals surface area contributed by atoms with Gasteiger partial charge in [-0.3, -0.25) is 14.7 Å². The molecular formula is C11H17N3O. The van der Waals surface area contributed by atoms with E-state index in [1.807, 2.05) is 32.8 Å². The van der Waals surface area contributed by atoms with Gasteiger partial charge in [-0.25, -0.2) is 4.98 Å². The molecule has 4 nitrogen and oxygen atoms in total. The predicted octanol–water partition coefficient (Wildman–Crippen LogP) is 1.39.